The van der Waals surface area contributed by atoms with Gasteiger partial charge in [-0.2, -0.15) is 0 Å². The van der Waals surface area contributed by atoms with Crippen molar-refractivity contribution in [2.45, 2.75) is 20.8 Å². The first-order chi connectivity index (χ1) is 13.2. The van der Waals surface area contributed by atoms with E-state index in [1.165, 1.54) is 30.3 Å². The minimum absolute atomic E-state index is 0.0238. The lowest BCUT2D eigenvalue weighted by Gasteiger charge is -2.29. The molecule has 7 nitrogen and oxygen atoms in total. The zero-order valence-electron chi connectivity index (χ0n) is 15.5. The van der Waals surface area contributed by atoms with Gasteiger partial charge in [0.15, 0.2) is 0 Å². The van der Waals surface area contributed by atoms with Gasteiger partial charge in [-0.3, -0.25) is 14.9 Å². The molecule has 1 heterocycles. The number of aromatic carboxylic acids is 1. The maximum absolute atomic E-state index is 13.0. The van der Waals surface area contributed by atoms with Crippen molar-refractivity contribution in [2.24, 2.45) is 0 Å². The molecule has 1 aliphatic heterocycles. The number of anilines is 1. The number of benzene rings is 2. The summed E-state index contributed by atoms with van der Waals surface area (Å²) in [5.74, 6) is -2.88. The van der Waals surface area contributed by atoms with Crippen molar-refractivity contribution in [2.75, 3.05) is 4.90 Å². The highest BCUT2D eigenvalue weighted by Crippen LogP contribution is 2.29. The molecule has 0 spiro atoms. The average molecular weight is 377 g/mol. The molecule has 0 unspecified atom stereocenters. The molecule has 0 bridgehead atoms. The fourth-order valence-corrected chi connectivity index (χ4v) is 3.27. The Morgan fingerprint density at radius 2 is 1.57 bits per heavy atom. The topological polar surface area (TPSA) is 107 Å². The van der Waals surface area contributed by atoms with Gasteiger partial charge < -0.3 is 9.90 Å². The van der Waals surface area contributed by atoms with Crippen LogP contribution in [0.25, 0.3) is 6.08 Å². The van der Waals surface area contributed by atoms with E-state index in [-0.39, 0.29) is 11.1 Å². The Balaban J connectivity index is 2.04. The van der Waals surface area contributed by atoms with Crippen molar-refractivity contribution >= 4 is 35.6 Å². The molecule has 4 amide bonds. The lowest BCUT2D eigenvalue weighted by atomic mass is 10.0. The largest absolute Gasteiger partial charge is 0.545 e. The molecular weight excluding hydrogens is 360 g/mol. The number of nitrogens with zero attached hydrogens (tertiary/aromatic N) is 1. The molecule has 1 aliphatic rings. The third-order valence-corrected chi connectivity index (χ3v) is 4.42. The van der Waals surface area contributed by atoms with E-state index in [1.54, 1.807) is 13.8 Å². The van der Waals surface area contributed by atoms with Crippen LogP contribution < -0.4 is 15.3 Å². The summed E-state index contributed by atoms with van der Waals surface area (Å²) in [6, 6.07) is 8.40. The van der Waals surface area contributed by atoms with Crippen molar-refractivity contribution < 1.29 is 24.3 Å². The molecule has 2 aromatic carbocycles. The van der Waals surface area contributed by atoms with Crippen LogP contribution in [0.1, 0.15) is 32.6 Å². The minimum atomic E-state index is -1.33. The number of aryl methyl sites for hydroxylation is 3. The number of hydrogen-bond acceptors (Lipinski definition) is 5. The Kier molecular flexibility index (Phi) is 4.83. The third-order valence-electron chi connectivity index (χ3n) is 4.42. The molecule has 1 saturated heterocycles. The van der Waals surface area contributed by atoms with Crippen LogP contribution in [0.4, 0.5) is 10.5 Å². The Labute approximate surface area is 161 Å². The zero-order chi connectivity index (χ0) is 20.6. The van der Waals surface area contributed by atoms with Crippen LogP contribution in [-0.2, 0) is 9.59 Å². The van der Waals surface area contributed by atoms with E-state index in [4.69, 9.17) is 0 Å². The molecule has 0 saturated carbocycles. The predicted molar refractivity (Wildman–Crippen MR) is 100 cm³/mol. The smallest absolute Gasteiger partial charge is 0.335 e. The second kappa shape index (κ2) is 7.11. The normalized spacial score (nSPS) is 15.8. The van der Waals surface area contributed by atoms with Crippen molar-refractivity contribution in [3.8, 4) is 0 Å². The van der Waals surface area contributed by atoms with E-state index in [0.717, 1.165) is 21.6 Å². The number of barbiturate groups is 1. The molecule has 0 aromatic heterocycles. The van der Waals surface area contributed by atoms with Crippen LogP contribution in [0.5, 0.6) is 0 Å². The van der Waals surface area contributed by atoms with Crippen LogP contribution in [-0.4, -0.2) is 23.8 Å². The van der Waals surface area contributed by atoms with E-state index < -0.39 is 23.8 Å². The summed E-state index contributed by atoms with van der Waals surface area (Å²) in [6.45, 7) is 5.48. The van der Waals surface area contributed by atoms with Crippen molar-refractivity contribution in [1.29, 1.82) is 0 Å². The van der Waals surface area contributed by atoms with Gasteiger partial charge in [0.2, 0.25) is 0 Å². The molecule has 2 aromatic rings. The van der Waals surface area contributed by atoms with Crippen LogP contribution in [0.3, 0.4) is 0 Å². The quantitative estimate of drug-likeness (QED) is 0.646. The van der Waals surface area contributed by atoms with E-state index in [9.17, 15) is 24.3 Å². The summed E-state index contributed by atoms with van der Waals surface area (Å²) in [6.07, 6.45) is 1.31. The molecule has 142 valence electrons. The van der Waals surface area contributed by atoms with E-state index in [1.807, 2.05) is 19.1 Å². The van der Waals surface area contributed by atoms with Gasteiger partial charge in [0.1, 0.15) is 5.57 Å². The SMILES string of the molecule is Cc1cc(C)c(N2C(=O)NC(=O)/C(=C/c3ccc(C(=O)[O-])cc3)C2=O)c(C)c1. The highest BCUT2D eigenvalue weighted by Gasteiger charge is 2.38. The Morgan fingerprint density at radius 1 is 1.00 bits per heavy atom. The molecule has 0 aliphatic carbocycles. The van der Waals surface area contributed by atoms with Gasteiger partial charge in [-0.15, -0.1) is 0 Å². The standard InChI is InChI=1S/C21H18N2O5/c1-11-8-12(2)17(13(3)9-11)23-19(25)16(18(24)22-21(23)28)10-14-4-6-15(7-5-14)20(26)27/h4-10H,1-3H3,(H,26,27)(H,22,24,28)/p-1/b16-10-. The van der Waals surface area contributed by atoms with Crippen molar-refractivity contribution in [3.05, 3.63) is 69.8 Å². The minimum Gasteiger partial charge on any atom is -0.545 e. The fraction of sp³-hybridized carbons (Fsp3) is 0.143. The van der Waals surface area contributed by atoms with Gasteiger partial charge >= 0.3 is 6.03 Å². The molecule has 28 heavy (non-hydrogen) atoms. The summed E-state index contributed by atoms with van der Waals surface area (Å²) in [4.78, 5) is 49.4. The fourth-order valence-electron chi connectivity index (χ4n) is 3.27. The van der Waals surface area contributed by atoms with Crippen LogP contribution in [0, 0.1) is 20.8 Å². The van der Waals surface area contributed by atoms with E-state index >= 15 is 0 Å². The predicted octanol–water partition coefficient (Wildman–Crippen LogP) is 1.64. The third kappa shape index (κ3) is 3.42. The maximum atomic E-state index is 13.0. The number of imide groups is 2. The van der Waals surface area contributed by atoms with Crippen molar-refractivity contribution in [3.63, 3.8) is 0 Å². The first-order valence-electron chi connectivity index (χ1n) is 8.49. The molecule has 1 N–H and O–H groups in total. The summed E-state index contributed by atoms with van der Waals surface area (Å²) in [5, 5.41) is 13.0. The van der Waals surface area contributed by atoms with Crippen LogP contribution >= 0.6 is 0 Å². The summed E-state index contributed by atoms with van der Waals surface area (Å²) in [7, 11) is 0. The van der Waals surface area contributed by atoms with Gasteiger partial charge in [-0.1, -0.05) is 42.0 Å². The highest BCUT2D eigenvalue weighted by molar-refractivity contribution is 6.39. The number of carboxylic acid groups (broad SMARTS) is 1. The molecule has 7 heteroatoms. The molecule has 0 radical (unpaired) electrons. The molecule has 0 atom stereocenters. The highest BCUT2D eigenvalue weighted by atomic mass is 16.4. The number of urea groups is 1. The van der Waals surface area contributed by atoms with Gasteiger partial charge in [0.05, 0.1) is 11.7 Å². The number of carbonyl (C=O) groups is 4. The second-order valence-corrected chi connectivity index (χ2v) is 6.61. The maximum Gasteiger partial charge on any atom is 0.335 e. The first-order valence-corrected chi connectivity index (χ1v) is 8.49. The molecule has 3 rings (SSSR count). The summed E-state index contributed by atoms with van der Waals surface area (Å²) < 4.78 is 0. The number of rotatable bonds is 3. The number of carboxylic acids is 1. The Hall–Kier alpha value is -3.74. The average Bonchev–Trinajstić information content (AvgIpc) is 2.61. The molecular formula is C21H17N2O5-. The van der Waals surface area contributed by atoms with E-state index in [2.05, 4.69) is 5.32 Å². The second-order valence-electron chi connectivity index (χ2n) is 6.61. The van der Waals surface area contributed by atoms with Gasteiger partial charge in [-0.05, 0) is 49.1 Å². The first kappa shape index (κ1) is 19.0. The Bertz CT molecular complexity index is 1030. The lowest BCUT2D eigenvalue weighted by Crippen LogP contribution is -2.54. The lowest BCUT2D eigenvalue weighted by molar-refractivity contribution is -0.255. The van der Waals surface area contributed by atoms with Crippen LogP contribution in [0.15, 0.2) is 42.0 Å². The van der Waals surface area contributed by atoms with Crippen molar-refractivity contribution in [1.82, 2.24) is 5.32 Å². The number of carbonyl (C=O) groups excluding carboxylic acids is 4. The number of nitrogens with one attached hydrogen (secondary N) is 1. The number of amides is 4. The zero-order valence-corrected chi connectivity index (χ0v) is 15.5. The van der Waals surface area contributed by atoms with Gasteiger partial charge in [0, 0.05) is 0 Å². The Morgan fingerprint density at radius 3 is 2.11 bits per heavy atom. The molecule has 1 fully saturated rings. The van der Waals surface area contributed by atoms with Gasteiger partial charge in [0.25, 0.3) is 11.8 Å². The van der Waals surface area contributed by atoms with E-state index in [0.29, 0.717) is 11.3 Å². The summed E-state index contributed by atoms with van der Waals surface area (Å²) in [5.41, 5.74) is 3.07. The van der Waals surface area contributed by atoms with Gasteiger partial charge in [-0.25, -0.2) is 9.69 Å². The van der Waals surface area contributed by atoms with Crippen LogP contribution in [0.2, 0.25) is 0 Å². The number of hydrogen-bond donors (Lipinski definition) is 1. The monoisotopic (exact) mass is 377 g/mol. The summed E-state index contributed by atoms with van der Waals surface area (Å²) >= 11 is 0.